The molecule has 6 heteroatoms. The maximum Gasteiger partial charge on any atom is 0.146 e. The van der Waals surface area contributed by atoms with Crippen LogP contribution in [0.25, 0.3) is 0 Å². The first kappa shape index (κ1) is 14.5. The molecule has 102 valence electrons. The van der Waals surface area contributed by atoms with Gasteiger partial charge in [-0.05, 0) is 40.0 Å². The molecule has 0 radical (unpaired) electrons. The van der Waals surface area contributed by atoms with E-state index in [0.29, 0.717) is 12.5 Å². The lowest BCUT2D eigenvalue weighted by molar-refractivity contribution is 0.468. The first-order valence-electron chi connectivity index (χ1n) is 6.12. The van der Waals surface area contributed by atoms with Crippen LogP contribution in [0.3, 0.4) is 0 Å². The van der Waals surface area contributed by atoms with Crippen molar-refractivity contribution < 1.29 is 0 Å². The molecule has 0 spiro atoms. The predicted molar refractivity (Wildman–Crippen MR) is 84.0 cm³/mol. The number of nitrogens with zero attached hydrogens (tertiary/aromatic N) is 3. The molecule has 0 saturated carbocycles. The van der Waals surface area contributed by atoms with Gasteiger partial charge in [0.2, 0.25) is 0 Å². The molecule has 0 unspecified atom stereocenters. The average molecular weight is 388 g/mol. The molecule has 1 heterocycles. The van der Waals surface area contributed by atoms with Gasteiger partial charge in [0.05, 0.1) is 6.54 Å². The second-order valence-electron chi connectivity index (χ2n) is 4.73. The molecule has 2 aromatic rings. The Balaban J connectivity index is 2.06. The molecule has 19 heavy (non-hydrogen) atoms. The highest BCUT2D eigenvalue weighted by atomic mass is 79.9. The Bertz CT molecular complexity index is 551. The van der Waals surface area contributed by atoms with E-state index in [2.05, 4.69) is 61.1 Å². The van der Waals surface area contributed by atoms with Crippen molar-refractivity contribution in [2.45, 2.75) is 26.9 Å². The molecular formula is C13H16Br2N4. The number of aromatic nitrogens is 3. The van der Waals surface area contributed by atoms with Gasteiger partial charge in [-0.2, -0.15) is 5.10 Å². The molecule has 0 aliphatic rings. The van der Waals surface area contributed by atoms with Crippen LogP contribution in [0.2, 0.25) is 0 Å². The fourth-order valence-corrected chi connectivity index (χ4v) is 2.48. The maximum atomic E-state index is 4.30. The van der Waals surface area contributed by atoms with Gasteiger partial charge in [0.15, 0.2) is 0 Å². The van der Waals surface area contributed by atoms with E-state index in [0.717, 1.165) is 27.0 Å². The van der Waals surface area contributed by atoms with Gasteiger partial charge in [-0.25, -0.2) is 9.67 Å². The highest BCUT2D eigenvalue weighted by molar-refractivity contribution is 9.11. The van der Waals surface area contributed by atoms with Crippen LogP contribution in [0.5, 0.6) is 0 Å². The van der Waals surface area contributed by atoms with Crippen molar-refractivity contribution in [3.63, 3.8) is 0 Å². The van der Waals surface area contributed by atoms with Gasteiger partial charge < -0.3 is 5.32 Å². The average Bonchev–Trinajstić information content (AvgIpc) is 2.77. The lowest BCUT2D eigenvalue weighted by atomic mass is 10.2. The number of halogens is 2. The minimum atomic E-state index is 0.554. The Morgan fingerprint density at radius 2 is 2.11 bits per heavy atom. The zero-order valence-corrected chi connectivity index (χ0v) is 14.1. The normalized spacial score (nSPS) is 11.0. The zero-order chi connectivity index (χ0) is 13.8. The van der Waals surface area contributed by atoms with Crippen molar-refractivity contribution in [1.82, 2.24) is 14.8 Å². The van der Waals surface area contributed by atoms with E-state index in [4.69, 9.17) is 0 Å². The van der Waals surface area contributed by atoms with E-state index in [1.165, 1.54) is 0 Å². The van der Waals surface area contributed by atoms with Crippen molar-refractivity contribution in [2.24, 2.45) is 5.92 Å². The molecule has 0 aliphatic carbocycles. The summed E-state index contributed by atoms with van der Waals surface area (Å²) in [7, 11) is 0. The number of nitrogens with one attached hydrogen (secondary N) is 1. The number of benzene rings is 1. The minimum Gasteiger partial charge on any atom is -0.377 e. The van der Waals surface area contributed by atoms with E-state index >= 15 is 0 Å². The van der Waals surface area contributed by atoms with Gasteiger partial charge >= 0.3 is 0 Å². The number of anilines is 1. The van der Waals surface area contributed by atoms with E-state index in [-0.39, 0.29) is 0 Å². The molecular weight excluding hydrogens is 372 g/mol. The third-order valence-corrected chi connectivity index (χ3v) is 3.78. The van der Waals surface area contributed by atoms with Crippen LogP contribution in [0.4, 0.5) is 5.69 Å². The Morgan fingerprint density at radius 1 is 1.32 bits per heavy atom. The smallest absolute Gasteiger partial charge is 0.146 e. The first-order valence-corrected chi connectivity index (χ1v) is 7.70. The highest BCUT2D eigenvalue weighted by Crippen LogP contribution is 2.26. The minimum absolute atomic E-state index is 0.554. The molecule has 0 amide bonds. The van der Waals surface area contributed by atoms with Crippen LogP contribution >= 0.6 is 31.9 Å². The molecule has 1 aromatic heterocycles. The summed E-state index contributed by atoms with van der Waals surface area (Å²) in [4.78, 5) is 4.30. The Kier molecular flexibility index (Phi) is 4.99. The quantitative estimate of drug-likeness (QED) is 0.840. The Morgan fingerprint density at radius 3 is 2.84 bits per heavy atom. The van der Waals surface area contributed by atoms with Crippen molar-refractivity contribution in [3.05, 3.63) is 39.3 Å². The van der Waals surface area contributed by atoms with Gasteiger partial charge in [0.25, 0.3) is 0 Å². The largest absolute Gasteiger partial charge is 0.377 e. The van der Waals surface area contributed by atoms with E-state index in [9.17, 15) is 0 Å². The number of rotatable bonds is 5. The molecule has 0 atom stereocenters. The van der Waals surface area contributed by atoms with Crippen molar-refractivity contribution >= 4 is 37.5 Å². The molecule has 1 aromatic carbocycles. The lowest BCUT2D eigenvalue weighted by Crippen LogP contribution is -2.13. The monoisotopic (exact) mass is 386 g/mol. The summed E-state index contributed by atoms with van der Waals surface area (Å²) in [5, 5.41) is 7.62. The predicted octanol–water partition coefficient (Wildman–Crippen LogP) is 4.07. The third kappa shape index (κ3) is 4.04. The van der Waals surface area contributed by atoms with Gasteiger partial charge in [-0.1, -0.05) is 29.8 Å². The molecule has 0 saturated heterocycles. The Labute approximate surface area is 129 Å². The van der Waals surface area contributed by atoms with Gasteiger partial charge in [0.1, 0.15) is 12.2 Å². The van der Waals surface area contributed by atoms with Crippen LogP contribution in [0, 0.1) is 5.92 Å². The molecule has 2 rings (SSSR count). The van der Waals surface area contributed by atoms with Crippen LogP contribution in [0.15, 0.2) is 33.5 Å². The summed E-state index contributed by atoms with van der Waals surface area (Å²) in [6.45, 7) is 5.88. The summed E-state index contributed by atoms with van der Waals surface area (Å²) in [5.74, 6) is 1.50. The van der Waals surface area contributed by atoms with Crippen LogP contribution in [-0.4, -0.2) is 14.8 Å². The summed E-state index contributed by atoms with van der Waals surface area (Å²) in [5.41, 5.74) is 1.04. The SMILES string of the molecule is CC(C)Cn1ncnc1CNc1cc(Br)ccc1Br. The van der Waals surface area contributed by atoms with E-state index < -0.39 is 0 Å². The number of hydrogen-bond acceptors (Lipinski definition) is 3. The zero-order valence-electron chi connectivity index (χ0n) is 10.9. The lowest BCUT2D eigenvalue weighted by Gasteiger charge is -2.11. The van der Waals surface area contributed by atoms with Gasteiger partial charge in [0, 0.05) is 21.2 Å². The van der Waals surface area contributed by atoms with E-state index in [1.807, 2.05) is 22.9 Å². The van der Waals surface area contributed by atoms with Crippen LogP contribution in [0.1, 0.15) is 19.7 Å². The van der Waals surface area contributed by atoms with Crippen LogP contribution < -0.4 is 5.32 Å². The molecule has 1 N–H and O–H groups in total. The van der Waals surface area contributed by atoms with Gasteiger partial charge in [-0.15, -0.1) is 0 Å². The topological polar surface area (TPSA) is 42.7 Å². The van der Waals surface area contributed by atoms with Crippen molar-refractivity contribution in [1.29, 1.82) is 0 Å². The Hall–Kier alpha value is -0.880. The summed E-state index contributed by atoms with van der Waals surface area (Å²) < 4.78 is 4.02. The van der Waals surface area contributed by atoms with Gasteiger partial charge in [-0.3, -0.25) is 0 Å². The fraction of sp³-hybridized carbons (Fsp3) is 0.385. The van der Waals surface area contributed by atoms with Crippen molar-refractivity contribution in [3.8, 4) is 0 Å². The second-order valence-corrected chi connectivity index (χ2v) is 6.50. The molecule has 0 aliphatic heterocycles. The first-order chi connectivity index (χ1) is 9.06. The molecule has 0 fully saturated rings. The fourth-order valence-electron chi connectivity index (χ4n) is 1.73. The van der Waals surface area contributed by atoms with E-state index in [1.54, 1.807) is 6.33 Å². The van der Waals surface area contributed by atoms with Crippen molar-refractivity contribution in [2.75, 3.05) is 5.32 Å². The second kappa shape index (κ2) is 6.52. The highest BCUT2D eigenvalue weighted by Gasteiger charge is 2.07. The summed E-state index contributed by atoms with van der Waals surface area (Å²) in [6, 6.07) is 6.04. The third-order valence-electron chi connectivity index (χ3n) is 2.60. The standard InChI is InChI=1S/C13H16Br2N4/c1-9(2)7-19-13(17-8-18-19)6-16-12-5-10(14)3-4-11(12)15/h3-5,8-9,16H,6-7H2,1-2H3. The molecule has 4 nitrogen and oxygen atoms in total. The maximum absolute atomic E-state index is 4.30. The number of hydrogen-bond donors (Lipinski definition) is 1. The summed E-state index contributed by atoms with van der Waals surface area (Å²) in [6.07, 6.45) is 1.61. The molecule has 0 bridgehead atoms. The summed E-state index contributed by atoms with van der Waals surface area (Å²) >= 11 is 7.00. The van der Waals surface area contributed by atoms with Crippen LogP contribution in [-0.2, 0) is 13.1 Å².